The third-order valence-corrected chi connectivity index (χ3v) is 7.37. The minimum absolute atomic E-state index is 0.0366. The number of sulfonamides is 1. The van der Waals surface area contributed by atoms with Gasteiger partial charge in [-0.1, -0.05) is 34.6 Å². The van der Waals surface area contributed by atoms with Gasteiger partial charge in [0.15, 0.2) is 0 Å². The number of hydrogen-bond acceptors (Lipinski definition) is 6. The second-order valence-corrected chi connectivity index (χ2v) is 13.3. The minimum atomic E-state index is -3.71. The molecule has 180 valence electrons. The standard InChI is InChI=1S/C24H33N3O4S2/c1-17-26-19(14-32-17)13-27(22(28)12-23(2,3)4)16-24(5,6)15-25-33(29,30)20-7-8-21-18(11-20)9-10-31-21/h7-11,14,25H,12-13,15-16H2,1-6H3. The highest BCUT2D eigenvalue weighted by Crippen LogP contribution is 2.25. The van der Waals surface area contributed by atoms with Crippen LogP contribution in [-0.2, 0) is 21.4 Å². The molecule has 3 rings (SSSR count). The molecule has 33 heavy (non-hydrogen) atoms. The number of aryl methyl sites for hydroxylation is 1. The summed E-state index contributed by atoms with van der Waals surface area (Å²) in [4.78, 5) is 19.6. The molecule has 2 heterocycles. The number of fused-ring (bicyclic) bond motifs is 1. The van der Waals surface area contributed by atoms with E-state index < -0.39 is 15.4 Å². The Morgan fingerprint density at radius 1 is 1.18 bits per heavy atom. The Balaban J connectivity index is 1.72. The second kappa shape index (κ2) is 9.56. The van der Waals surface area contributed by atoms with Crippen LogP contribution in [-0.4, -0.2) is 37.3 Å². The molecule has 0 saturated heterocycles. The van der Waals surface area contributed by atoms with E-state index in [1.807, 2.05) is 46.9 Å². The number of rotatable bonds is 9. The van der Waals surface area contributed by atoms with E-state index in [9.17, 15) is 13.2 Å². The molecule has 0 atom stereocenters. The molecule has 3 aromatic rings. The van der Waals surface area contributed by atoms with Crippen molar-refractivity contribution in [1.82, 2.24) is 14.6 Å². The summed E-state index contributed by atoms with van der Waals surface area (Å²) in [6.07, 6.45) is 1.94. The Bertz CT molecular complexity index is 1220. The Morgan fingerprint density at radius 2 is 1.91 bits per heavy atom. The first kappa shape index (κ1) is 25.4. The zero-order valence-electron chi connectivity index (χ0n) is 20.1. The van der Waals surface area contributed by atoms with Crippen LogP contribution in [0.25, 0.3) is 11.0 Å². The summed E-state index contributed by atoms with van der Waals surface area (Å²) in [7, 11) is -3.71. The molecule has 7 nitrogen and oxygen atoms in total. The number of nitrogens with zero attached hydrogens (tertiary/aromatic N) is 2. The fraction of sp³-hybridized carbons (Fsp3) is 0.500. The van der Waals surface area contributed by atoms with Gasteiger partial charge in [0, 0.05) is 30.3 Å². The van der Waals surface area contributed by atoms with Gasteiger partial charge in [0.05, 0.1) is 28.4 Å². The van der Waals surface area contributed by atoms with Gasteiger partial charge in [-0.3, -0.25) is 4.79 Å². The summed E-state index contributed by atoms with van der Waals surface area (Å²) in [6.45, 7) is 13.0. The van der Waals surface area contributed by atoms with E-state index in [1.54, 1.807) is 34.4 Å². The fourth-order valence-corrected chi connectivity index (χ4v) is 5.41. The predicted molar refractivity (Wildman–Crippen MR) is 132 cm³/mol. The largest absolute Gasteiger partial charge is 0.464 e. The number of carbonyl (C=O) groups excluding carboxylic acids is 1. The quantitative estimate of drug-likeness (QED) is 0.456. The highest BCUT2D eigenvalue weighted by Gasteiger charge is 2.29. The average molecular weight is 492 g/mol. The predicted octanol–water partition coefficient (Wildman–Crippen LogP) is 4.97. The van der Waals surface area contributed by atoms with E-state index in [0.29, 0.717) is 25.1 Å². The number of benzene rings is 1. The molecule has 0 aliphatic carbocycles. The maximum Gasteiger partial charge on any atom is 0.240 e. The van der Waals surface area contributed by atoms with Gasteiger partial charge in [0.25, 0.3) is 0 Å². The fourth-order valence-electron chi connectivity index (χ4n) is 3.53. The lowest BCUT2D eigenvalue weighted by Crippen LogP contribution is -2.44. The zero-order chi connectivity index (χ0) is 24.4. The molecule has 0 spiro atoms. The molecule has 2 aromatic heterocycles. The minimum Gasteiger partial charge on any atom is -0.464 e. The molecule has 0 fully saturated rings. The smallest absolute Gasteiger partial charge is 0.240 e. The first-order valence-electron chi connectivity index (χ1n) is 10.9. The lowest BCUT2D eigenvalue weighted by Gasteiger charge is -2.34. The van der Waals surface area contributed by atoms with Crippen molar-refractivity contribution in [1.29, 1.82) is 0 Å². The van der Waals surface area contributed by atoms with Gasteiger partial charge in [-0.15, -0.1) is 11.3 Å². The molecule has 0 aliphatic rings. The molecule has 1 aromatic carbocycles. The number of carbonyl (C=O) groups is 1. The van der Waals surface area contributed by atoms with E-state index in [1.165, 1.54) is 12.3 Å². The van der Waals surface area contributed by atoms with Crippen molar-refractivity contribution in [3.8, 4) is 0 Å². The first-order valence-corrected chi connectivity index (χ1v) is 13.3. The third-order valence-electron chi connectivity index (χ3n) is 5.15. The van der Waals surface area contributed by atoms with Gasteiger partial charge in [0.2, 0.25) is 15.9 Å². The van der Waals surface area contributed by atoms with Crippen LogP contribution >= 0.6 is 11.3 Å². The summed E-state index contributed by atoms with van der Waals surface area (Å²) in [5.74, 6) is 0.0366. The SMILES string of the molecule is Cc1nc(CN(CC(C)(C)CNS(=O)(=O)c2ccc3occc3c2)C(=O)CC(C)(C)C)cs1. The number of furan rings is 1. The molecule has 0 saturated carbocycles. The van der Waals surface area contributed by atoms with Crippen molar-refractivity contribution in [2.45, 2.75) is 59.4 Å². The van der Waals surface area contributed by atoms with Crippen LogP contribution in [0, 0.1) is 17.8 Å². The monoisotopic (exact) mass is 491 g/mol. The lowest BCUT2D eigenvalue weighted by molar-refractivity contribution is -0.135. The molecule has 1 N–H and O–H groups in total. The second-order valence-electron chi connectivity index (χ2n) is 10.5. The van der Waals surface area contributed by atoms with Crippen molar-refractivity contribution < 1.29 is 17.6 Å². The van der Waals surface area contributed by atoms with Gasteiger partial charge in [-0.05, 0) is 42.0 Å². The normalized spacial score (nSPS) is 12.9. The topological polar surface area (TPSA) is 92.5 Å². The number of hydrogen-bond donors (Lipinski definition) is 1. The van der Waals surface area contributed by atoms with Crippen LogP contribution in [0.2, 0.25) is 0 Å². The summed E-state index contributed by atoms with van der Waals surface area (Å²) in [6, 6.07) is 6.51. The highest BCUT2D eigenvalue weighted by atomic mass is 32.2. The Kier molecular flexibility index (Phi) is 7.36. The summed E-state index contributed by atoms with van der Waals surface area (Å²) in [5, 5.41) is 3.65. The number of nitrogens with one attached hydrogen (secondary N) is 1. The molecule has 0 bridgehead atoms. The van der Waals surface area contributed by atoms with Gasteiger partial charge in [-0.2, -0.15) is 0 Å². The summed E-state index contributed by atoms with van der Waals surface area (Å²) in [5.41, 5.74) is 0.847. The molecule has 0 aliphatic heterocycles. The molecular formula is C24H33N3O4S2. The van der Waals surface area contributed by atoms with Crippen LogP contribution in [0.4, 0.5) is 0 Å². The van der Waals surface area contributed by atoms with Crippen LogP contribution < -0.4 is 4.72 Å². The van der Waals surface area contributed by atoms with Crippen molar-refractivity contribution in [3.05, 3.63) is 46.6 Å². The van der Waals surface area contributed by atoms with Gasteiger partial charge >= 0.3 is 0 Å². The van der Waals surface area contributed by atoms with Crippen LogP contribution in [0.3, 0.4) is 0 Å². The number of aromatic nitrogens is 1. The number of amides is 1. The lowest BCUT2D eigenvalue weighted by atomic mass is 9.89. The van der Waals surface area contributed by atoms with E-state index in [4.69, 9.17) is 4.42 Å². The van der Waals surface area contributed by atoms with E-state index >= 15 is 0 Å². The van der Waals surface area contributed by atoms with Crippen LogP contribution in [0.1, 0.15) is 51.7 Å². The summed E-state index contributed by atoms with van der Waals surface area (Å²) < 4.78 is 33.8. The Hall–Kier alpha value is -2.23. The van der Waals surface area contributed by atoms with Crippen molar-refractivity contribution in [2.75, 3.05) is 13.1 Å². The summed E-state index contributed by atoms with van der Waals surface area (Å²) >= 11 is 1.55. The van der Waals surface area contributed by atoms with Crippen LogP contribution in [0.5, 0.6) is 0 Å². The molecule has 0 unspecified atom stereocenters. The highest BCUT2D eigenvalue weighted by molar-refractivity contribution is 7.89. The first-order chi connectivity index (χ1) is 15.2. The van der Waals surface area contributed by atoms with Crippen LogP contribution in [0.15, 0.2) is 45.2 Å². The van der Waals surface area contributed by atoms with Crippen molar-refractivity contribution >= 4 is 38.2 Å². The maximum atomic E-state index is 13.1. The van der Waals surface area contributed by atoms with Gasteiger partial charge < -0.3 is 9.32 Å². The molecule has 9 heteroatoms. The van der Waals surface area contributed by atoms with Crippen molar-refractivity contribution in [2.24, 2.45) is 10.8 Å². The van der Waals surface area contributed by atoms with E-state index in [0.717, 1.165) is 16.1 Å². The van der Waals surface area contributed by atoms with Crippen molar-refractivity contribution in [3.63, 3.8) is 0 Å². The maximum absolute atomic E-state index is 13.1. The number of thiazole rings is 1. The molecule has 0 radical (unpaired) electrons. The Labute approximate surface area is 200 Å². The van der Waals surface area contributed by atoms with E-state index in [-0.39, 0.29) is 22.8 Å². The average Bonchev–Trinajstić information content (AvgIpc) is 3.32. The van der Waals surface area contributed by atoms with Gasteiger partial charge in [-0.25, -0.2) is 18.1 Å². The molecule has 1 amide bonds. The van der Waals surface area contributed by atoms with Gasteiger partial charge in [0.1, 0.15) is 5.58 Å². The Morgan fingerprint density at radius 3 is 2.55 bits per heavy atom. The van der Waals surface area contributed by atoms with E-state index in [2.05, 4.69) is 9.71 Å². The molecular weight excluding hydrogens is 458 g/mol. The zero-order valence-corrected chi connectivity index (χ0v) is 21.8. The third kappa shape index (κ3) is 7.12.